The van der Waals surface area contributed by atoms with Gasteiger partial charge >= 0.3 is 5.43 Å². The summed E-state index contributed by atoms with van der Waals surface area (Å²) in [6, 6.07) is 4.69. The van der Waals surface area contributed by atoms with Crippen molar-refractivity contribution < 1.29 is 19.1 Å². The van der Waals surface area contributed by atoms with Gasteiger partial charge in [-0.3, -0.25) is 9.59 Å². The molecule has 1 heterocycles. The fraction of sp³-hybridized carbons (Fsp3) is 0.100. The third kappa shape index (κ3) is 2.25. The van der Waals surface area contributed by atoms with Crippen molar-refractivity contribution >= 4 is 39.7 Å². The van der Waals surface area contributed by atoms with Gasteiger partial charge < -0.3 is 4.74 Å². The molecule has 0 unspecified atom stereocenters. The largest absolute Gasteiger partial charge is 0.414 e. The quantitative estimate of drug-likeness (QED) is 0.569. The molecular weight excluding hydrogens is 252 g/mol. The molecular formula is C10H5ClO4S. The Morgan fingerprint density at radius 3 is 2.81 bits per heavy atom. The van der Waals surface area contributed by atoms with Crippen molar-refractivity contribution in [1.82, 2.24) is 0 Å². The SMILES string of the molecule is O=C(Cl)Oc1ccc2c(c1)SC(=O)C(=O)C2. The molecule has 0 atom stereocenters. The van der Waals surface area contributed by atoms with Gasteiger partial charge in [0.05, 0.1) is 0 Å². The van der Waals surface area contributed by atoms with E-state index < -0.39 is 16.3 Å². The lowest BCUT2D eigenvalue weighted by molar-refractivity contribution is -0.131. The number of hydrogen-bond acceptors (Lipinski definition) is 5. The van der Waals surface area contributed by atoms with Crippen LogP contribution in [0.2, 0.25) is 0 Å². The van der Waals surface area contributed by atoms with Gasteiger partial charge in [0.25, 0.3) is 5.12 Å². The summed E-state index contributed by atoms with van der Waals surface area (Å²) in [5, 5.41) is -0.498. The first-order chi connectivity index (χ1) is 7.56. The number of ether oxygens (including phenoxy) is 1. The molecule has 1 aliphatic heterocycles. The highest BCUT2D eigenvalue weighted by atomic mass is 35.5. The fourth-order valence-corrected chi connectivity index (χ4v) is 2.26. The Morgan fingerprint density at radius 1 is 1.38 bits per heavy atom. The third-order valence-electron chi connectivity index (χ3n) is 2.02. The molecule has 1 aliphatic rings. The summed E-state index contributed by atoms with van der Waals surface area (Å²) in [6.45, 7) is 0. The number of carbonyl (C=O) groups is 3. The van der Waals surface area contributed by atoms with E-state index in [0.29, 0.717) is 4.90 Å². The number of carbonyl (C=O) groups excluding carboxylic acids is 3. The van der Waals surface area contributed by atoms with Gasteiger partial charge in [0, 0.05) is 22.9 Å². The highest BCUT2D eigenvalue weighted by Crippen LogP contribution is 2.32. The summed E-state index contributed by atoms with van der Waals surface area (Å²) in [6.07, 6.45) is 0.0935. The van der Waals surface area contributed by atoms with Crippen LogP contribution in [-0.4, -0.2) is 16.3 Å². The maximum atomic E-state index is 11.2. The summed E-state index contributed by atoms with van der Waals surface area (Å²) in [4.78, 5) is 33.5. The predicted molar refractivity (Wildman–Crippen MR) is 57.9 cm³/mol. The van der Waals surface area contributed by atoms with Gasteiger partial charge in [-0.2, -0.15) is 0 Å². The Hall–Kier alpha value is -1.33. The standard InChI is InChI=1S/C10H5ClO4S/c11-10(14)15-6-2-1-5-3-7(12)9(13)16-8(5)4-6/h1-2,4H,3H2. The number of thioether (sulfide) groups is 1. The van der Waals surface area contributed by atoms with Crippen LogP contribution in [0.1, 0.15) is 5.56 Å². The zero-order valence-corrected chi connectivity index (χ0v) is 9.43. The van der Waals surface area contributed by atoms with E-state index in [1.54, 1.807) is 6.07 Å². The lowest BCUT2D eigenvalue weighted by atomic mass is 10.1. The third-order valence-corrected chi connectivity index (χ3v) is 3.11. The predicted octanol–water partition coefficient (Wildman–Crippen LogP) is 2.17. The van der Waals surface area contributed by atoms with Crippen molar-refractivity contribution in [3.63, 3.8) is 0 Å². The van der Waals surface area contributed by atoms with Crippen LogP contribution in [0, 0.1) is 0 Å². The average Bonchev–Trinajstić information content (AvgIpc) is 2.19. The van der Waals surface area contributed by atoms with Crippen LogP contribution in [0.15, 0.2) is 23.1 Å². The van der Waals surface area contributed by atoms with Gasteiger partial charge in [-0.25, -0.2) is 4.79 Å². The minimum absolute atomic E-state index is 0.0935. The number of Topliss-reactive ketones (excluding diaryl/α,β-unsaturated/α-hetero) is 1. The number of rotatable bonds is 1. The van der Waals surface area contributed by atoms with Gasteiger partial charge in [-0.15, -0.1) is 0 Å². The van der Waals surface area contributed by atoms with Crippen LogP contribution < -0.4 is 4.74 Å². The Balaban J connectivity index is 2.32. The Bertz CT molecular complexity index is 498. The Kier molecular flexibility index (Phi) is 2.98. The summed E-state index contributed by atoms with van der Waals surface area (Å²) in [7, 11) is 0. The molecule has 6 heteroatoms. The van der Waals surface area contributed by atoms with Crippen molar-refractivity contribution in [3.05, 3.63) is 23.8 Å². The van der Waals surface area contributed by atoms with Crippen LogP contribution in [0.25, 0.3) is 0 Å². The average molecular weight is 257 g/mol. The van der Waals surface area contributed by atoms with Crippen LogP contribution >= 0.6 is 23.4 Å². The van der Waals surface area contributed by atoms with E-state index in [4.69, 9.17) is 11.6 Å². The molecule has 0 bridgehead atoms. The van der Waals surface area contributed by atoms with Gasteiger partial charge in [-0.05, 0) is 29.5 Å². The number of benzene rings is 1. The van der Waals surface area contributed by atoms with Crippen molar-refractivity contribution in [1.29, 1.82) is 0 Å². The first-order valence-corrected chi connectivity index (χ1v) is 5.51. The van der Waals surface area contributed by atoms with E-state index in [2.05, 4.69) is 4.74 Å². The van der Waals surface area contributed by atoms with Crippen LogP contribution in [0.5, 0.6) is 5.75 Å². The van der Waals surface area contributed by atoms with Crippen molar-refractivity contribution in [2.24, 2.45) is 0 Å². The molecule has 0 saturated heterocycles. The van der Waals surface area contributed by atoms with Crippen molar-refractivity contribution in [3.8, 4) is 5.75 Å². The summed E-state index contributed by atoms with van der Waals surface area (Å²) in [5.41, 5.74) is -0.188. The Labute approximate surface area is 99.9 Å². The molecule has 4 nitrogen and oxygen atoms in total. The molecule has 0 aromatic heterocycles. The lowest BCUT2D eigenvalue weighted by Crippen LogP contribution is -2.18. The summed E-state index contributed by atoms with van der Waals surface area (Å²) < 4.78 is 4.66. The fourth-order valence-electron chi connectivity index (χ4n) is 1.33. The lowest BCUT2D eigenvalue weighted by Gasteiger charge is -2.13. The molecule has 2 rings (SSSR count). The molecule has 0 fully saturated rings. The molecule has 1 aromatic rings. The monoisotopic (exact) mass is 256 g/mol. The zero-order valence-electron chi connectivity index (χ0n) is 7.86. The number of halogens is 1. The maximum absolute atomic E-state index is 11.2. The van der Waals surface area contributed by atoms with Gasteiger partial charge in [0.1, 0.15) is 5.75 Å². The van der Waals surface area contributed by atoms with E-state index in [-0.39, 0.29) is 12.2 Å². The number of hydrogen-bond donors (Lipinski definition) is 0. The minimum atomic E-state index is -0.942. The first-order valence-electron chi connectivity index (χ1n) is 4.31. The molecule has 0 saturated carbocycles. The van der Waals surface area contributed by atoms with Gasteiger partial charge in [-0.1, -0.05) is 6.07 Å². The van der Waals surface area contributed by atoms with Crippen molar-refractivity contribution in [2.45, 2.75) is 11.3 Å². The van der Waals surface area contributed by atoms with Gasteiger partial charge in [0.15, 0.2) is 0 Å². The number of fused-ring (bicyclic) bond motifs is 1. The molecule has 0 spiro atoms. The number of ketones is 1. The second-order valence-electron chi connectivity index (χ2n) is 3.10. The van der Waals surface area contributed by atoms with Crippen molar-refractivity contribution in [2.75, 3.05) is 0 Å². The molecule has 82 valence electrons. The van der Waals surface area contributed by atoms with Crippen LogP contribution in [0.3, 0.4) is 0 Å². The van der Waals surface area contributed by atoms with E-state index in [1.165, 1.54) is 12.1 Å². The highest BCUT2D eigenvalue weighted by Gasteiger charge is 2.24. The molecule has 0 amide bonds. The second-order valence-corrected chi connectivity index (χ2v) is 4.42. The summed E-state index contributed by atoms with van der Waals surface area (Å²) in [5.74, 6) is -0.159. The van der Waals surface area contributed by atoms with Crippen LogP contribution in [-0.2, 0) is 16.0 Å². The Morgan fingerprint density at radius 2 is 2.12 bits per heavy atom. The van der Waals surface area contributed by atoms with E-state index >= 15 is 0 Å². The molecule has 16 heavy (non-hydrogen) atoms. The summed E-state index contributed by atoms with van der Waals surface area (Å²) >= 11 is 5.90. The second kappa shape index (κ2) is 4.27. The molecule has 0 N–H and O–H groups in total. The molecule has 0 radical (unpaired) electrons. The zero-order chi connectivity index (χ0) is 11.7. The maximum Gasteiger partial charge on any atom is 0.409 e. The van der Waals surface area contributed by atoms with E-state index in [9.17, 15) is 14.4 Å². The highest BCUT2D eigenvalue weighted by molar-refractivity contribution is 8.15. The molecule has 1 aromatic carbocycles. The van der Waals surface area contributed by atoms with Gasteiger partial charge in [0.2, 0.25) is 5.78 Å². The smallest absolute Gasteiger partial charge is 0.409 e. The van der Waals surface area contributed by atoms with E-state index in [0.717, 1.165) is 17.3 Å². The first kappa shape index (κ1) is 11.2. The molecule has 0 aliphatic carbocycles. The normalized spacial score (nSPS) is 14.6. The topological polar surface area (TPSA) is 60.4 Å². The minimum Gasteiger partial charge on any atom is -0.414 e. The van der Waals surface area contributed by atoms with Crippen LogP contribution in [0.4, 0.5) is 4.79 Å². The van der Waals surface area contributed by atoms with E-state index in [1.807, 2.05) is 0 Å².